The summed E-state index contributed by atoms with van der Waals surface area (Å²) < 4.78 is 38.2. The highest BCUT2D eigenvalue weighted by Crippen LogP contribution is 2.25. The van der Waals surface area contributed by atoms with E-state index in [1.807, 2.05) is 6.92 Å². The maximum Gasteiger partial charge on any atom is 0.338 e. The van der Waals surface area contributed by atoms with Crippen LogP contribution in [-0.4, -0.2) is 25.2 Å². The topological polar surface area (TPSA) is 71.4 Å². The molecule has 0 spiro atoms. The maximum absolute atomic E-state index is 13.9. The summed E-state index contributed by atoms with van der Waals surface area (Å²) in [6.45, 7) is 1.93. The third kappa shape index (κ3) is 4.01. The molecular formula is C12H14BrFO4S. The van der Waals surface area contributed by atoms with Crippen molar-refractivity contribution in [3.63, 3.8) is 0 Å². The number of carboxylic acid groups (broad SMARTS) is 1. The Bertz CT molecular complexity index is 584. The highest BCUT2D eigenvalue weighted by molar-refractivity contribution is 9.10. The van der Waals surface area contributed by atoms with Crippen molar-refractivity contribution in [2.75, 3.05) is 5.75 Å². The molecule has 1 aromatic carbocycles. The fourth-order valence-corrected chi connectivity index (χ4v) is 3.70. The van der Waals surface area contributed by atoms with Crippen LogP contribution in [0.1, 0.15) is 36.5 Å². The maximum atomic E-state index is 13.9. The number of carboxylic acids is 1. The summed E-state index contributed by atoms with van der Waals surface area (Å²) in [4.78, 5) is 10.3. The van der Waals surface area contributed by atoms with Crippen molar-refractivity contribution in [2.24, 2.45) is 0 Å². The van der Waals surface area contributed by atoms with Crippen molar-refractivity contribution in [3.05, 3.63) is 28.0 Å². The van der Waals surface area contributed by atoms with Crippen LogP contribution in [0.2, 0.25) is 0 Å². The van der Waals surface area contributed by atoms with Gasteiger partial charge in [-0.15, -0.1) is 0 Å². The number of hydrogen-bond acceptors (Lipinski definition) is 3. The van der Waals surface area contributed by atoms with Gasteiger partial charge < -0.3 is 5.11 Å². The van der Waals surface area contributed by atoms with Crippen molar-refractivity contribution in [2.45, 2.75) is 31.1 Å². The van der Waals surface area contributed by atoms with Crippen LogP contribution in [0.5, 0.6) is 0 Å². The van der Waals surface area contributed by atoms with E-state index in [9.17, 15) is 17.6 Å². The Morgan fingerprint density at radius 2 is 2.00 bits per heavy atom. The van der Waals surface area contributed by atoms with Crippen LogP contribution in [0.15, 0.2) is 21.5 Å². The Morgan fingerprint density at radius 1 is 1.37 bits per heavy atom. The van der Waals surface area contributed by atoms with Gasteiger partial charge in [-0.1, -0.05) is 35.7 Å². The minimum Gasteiger partial charge on any atom is -0.478 e. The number of halogens is 2. The van der Waals surface area contributed by atoms with Gasteiger partial charge in [-0.25, -0.2) is 17.6 Å². The molecule has 0 fully saturated rings. The number of hydrogen-bond donors (Lipinski definition) is 1. The fraction of sp³-hybridized carbons (Fsp3) is 0.417. The lowest BCUT2D eigenvalue weighted by molar-refractivity contribution is 0.0691. The quantitative estimate of drug-likeness (QED) is 0.797. The summed E-state index contributed by atoms with van der Waals surface area (Å²) >= 11 is 3.00. The molecular weight excluding hydrogens is 339 g/mol. The van der Waals surface area contributed by atoms with E-state index in [1.54, 1.807) is 0 Å². The molecule has 1 rings (SSSR count). The van der Waals surface area contributed by atoms with Crippen molar-refractivity contribution in [3.8, 4) is 0 Å². The number of sulfone groups is 1. The van der Waals surface area contributed by atoms with Gasteiger partial charge in [0.1, 0.15) is 4.90 Å². The lowest BCUT2D eigenvalue weighted by Gasteiger charge is -2.08. The number of unbranched alkanes of at least 4 members (excludes halogenated alkanes) is 2. The fourth-order valence-electron chi connectivity index (χ4n) is 1.60. The van der Waals surface area contributed by atoms with Gasteiger partial charge in [0, 0.05) is 4.47 Å². The Morgan fingerprint density at radius 3 is 2.53 bits per heavy atom. The minimum absolute atomic E-state index is 0.187. The zero-order valence-electron chi connectivity index (χ0n) is 10.3. The molecule has 0 aliphatic heterocycles. The molecule has 4 nitrogen and oxygen atoms in total. The summed E-state index contributed by atoms with van der Waals surface area (Å²) in [5, 5.41) is 8.84. The number of rotatable bonds is 6. The largest absolute Gasteiger partial charge is 0.478 e. The van der Waals surface area contributed by atoms with E-state index in [0.717, 1.165) is 25.0 Å². The molecule has 0 aromatic heterocycles. The molecule has 19 heavy (non-hydrogen) atoms. The zero-order chi connectivity index (χ0) is 14.6. The van der Waals surface area contributed by atoms with E-state index in [2.05, 4.69) is 15.9 Å². The van der Waals surface area contributed by atoms with Gasteiger partial charge in [0.15, 0.2) is 15.7 Å². The Labute approximate surface area is 119 Å². The summed E-state index contributed by atoms with van der Waals surface area (Å²) in [7, 11) is -3.81. The SMILES string of the molecule is CCCCCS(=O)(=O)c1cc(Br)cc(C(=O)O)c1F. The average Bonchev–Trinajstić information content (AvgIpc) is 2.31. The minimum atomic E-state index is -3.81. The van der Waals surface area contributed by atoms with Crippen LogP contribution in [0.4, 0.5) is 4.39 Å². The molecule has 106 valence electrons. The van der Waals surface area contributed by atoms with Crippen molar-refractivity contribution in [1.29, 1.82) is 0 Å². The van der Waals surface area contributed by atoms with Crippen LogP contribution < -0.4 is 0 Å². The summed E-state index contributed by atoms with van der Waals surface area (Å²) in [5.41, 5.74) is -0.650. The molecule has 0 heterocycles. The number of benzene rings is 1. The molecule has 7 heteroatoms. The Hall–Kier alpha value is -0.950. The van der Waals surface area contributed by atoms with Crippen molar-refractivity contribution < 1.29 is 22.7 Å². The second-order valence-corrected chi connectivity index (χ2v) is 7.09. The van der Waals surface area contributed by atoms with Gasteiger partial charge in [-0.05, 0) is 18.6 Å². The molecule has 1 aromatic rings. The zero-order valence-corrected chi connectivity index (χ0v) is 12.7. The van der Waals surface area contributed by atoms with E-state index in [1.165, 1.54) is 0 Å². The molecule has 0 amide bonds. The van der Waals surface area contributed by atoms with Gasteiger partial charge >= 0.3 is 5.97 Å². The molecule has 1 N–H and O–H groups in total. The first kappa shape index (κ1) is 16.1. The monoisotopic (exact) mass is 352 g/mol. The molecule has 0 bridgehead atoms. The molecule has 0 atom stereocenters. The van der Waals surface area contributed by atoms with Crippen LogP contribution in [-0.2, 0) is 9.84 Å². The van der Waals surface area contributed by atoms with Gasteiger partial charge in [-0.3, -0.25) is 0 Å². The second kappa shape index (κ2) is 6.47. The smallest absolute Gasteiger partial charge is 0.338 e. The van der Waals surface area contributed by atoms with Crippen LogP contribution in [0.25, 0.3) is 0 Å². The molecule has 0 aliphatic carbocycles. The third-order valence-corrected chi connectivity index (χ3v) is 4.84. The lowest BCUT2D eigenvalue weighted by Crippen LogP contribution is -2.12. The molecule has 0 radical (unpaired) electrons. The van der Waals surface area contributed by atoms with Crippen LogP contribution in [0.3, 0.4) is 0 Å². The van der Waals surface area contributed by atoms with Crippen LogP contribution >= 0.6 is 15.9 Å². The molecule has 0 saturated heterocycles. The van der Waals surface area contributed by atoms with Crippen molar-refractivity contribution >= 4 is 31.7 Å². The predicted molar refractivity (Wildman–Crippen MR) is 72.6 cm³/mol. The van der Waals surface area contributed by atoms with Crippen LogP contribution in [0, 0.1) is 5.82 Å². The standard InChI is InChI=1S/C12H14BrFO4S/c1-2-3-4-5-19(17,18)10-7-8(13)6-9(11(10)14)12(15)16/h6-7H,2-5H2,1H3,(H,15,16). The Balaban J connectivity index is 3.23. The second-order valence-electron chi connectivity index (χ2n) is 4.10. The van der Waals surface area contributed by atoms with E-state index < -0.39 is 32.1 Å². The van der Waals surface area contributed by atoms with E-state index >= 15 is 0 Å². The number of carbonyl (C=O) groups is 1. The molecule has 0 saturated carbocycles. The van der Waals surface area contributed by atoms with Gasteiger partial charge in [0.05, 0.1) is 11.3 Å². The first-order chi connectivity index (χ1) is 8.79. The average molecular weight is 353 g/mol. The van der Waals surface area contributed by atoms with Crippen molar-refractivity contribution in [1.82, 2.24) is 0 Å². The summed E-state index contributed by atoms with van der Waals surface area (Å²) in [5.74, 6) is -2.89. The van der Waals surface area contributed by atoms with Gasteiger partial charge in [0.2, 0.25) is 0 Å². The highest BCUT2D eigenvalue weighted by Gasteiger charge is 2.24. The first-order valence-electron chi connectivity index (χ1n) is 5.74. The normalized spacial score (nSPS) is 11.5. The van der Waals surface area contributed by atoms with E-state index in [-0.39, 0.29) is 10.2 Å². The molecule has 0 unspecified atom stereocenters. The van der Waals surface area contributed by atoms with Gasteiger partial charge in [0.25, 0.3) is 0 Å². The van der Waals surface area contributed by atoms with Gasteiger partial charge in [-0.2, -0.15) is 0 Å². The van der Waals surface area contributed by atoms with E-state index in [0.29, 0.717) is 6.42 Å². The lowest BCUT2D eigenvalue weighted by atomic mass is 10.2. The molecule has 0 aliphatic rings. The predicted octanol–water partition coefficient (Wildman–Crippen LogP) is 3.25. The summed E-state index contributed by atoms with van der Waals surface area (Å²) in [6, 6.07) is 2.14. The summed E-state index contributed by atoms with van der Waals surface area (Å²) in [6.07, 6.45) is 1.99. The van der Waals surface area contributed by atoms with E-state index in [4.69, 9.17) is 5.11 Å². The highest BCUT2D eigenvalue weighted by atomic mass is 79.9. The Kier molecular flexibility index (Phi) is 5.49. The third-order valence-electron chi connectivity index (χ3n) is 2.59. The number of aromatic carboxylic acids is 1. The first-order valence-corrected chi connectivity index (χ1v) is 8.19.